The molecule has 0 saturated heterocycles. The summed E-state index contributed by atoms with van der Waals surface area (Å²) in [5.74, 6) is 0. The highest BCUT2D eigenvalue weighted by atomic mass is 32.2. The van der Waals surface area contributed by atoms with Crippen LogP contribution in [0.15, 0.2) is 0 Å². The van der Waals surface area contributed by atoms with E-state index in [1.807, 2.05) is 0 Å². The largest absolute Gasteiger partial charge is 0.286 e. The summed E-state index contributed by atoms with van der Waals surface area (Å²) in [5.41, 5.74) is 0. The Morgan fingerprint density at radius 1 is 0.632 bits per heavy atom. The van der Waals surface area contributed by atoms with Crippen molar-refractivity contribution < 1.29 is 25.9 Å². The fourth-order valence-corrected chi connectivity index (χ4v) is 1.03. The molecule has 0 saturated carbocycles. The summed E-state index contributed by atoms with van der Waals surface area (Å²) < 4.78 is 51.7. The SMILES string of the molecule is CCCCCCCCC.CS(=O)(=O)O.CS(=O)(=O)O. The molecule has 0 aliphatic rings. The molecule has 0 fully saturated rings. The first-order valence-electron chi connectivity index (χ1n) is 6.26. The second-order valence-corrected chi connectivity index (χ2v) is 7.17. The van der Waals surface area contributed by atoms with Crippen molar-refractivity contribution in [2.45, 2.75) is 58.8 Å². The van der Waals surface area contributed by atoms with E-state index in [0.717, 1.165) is 0 Å². The maximum atomic E-state index is 9.19. The monoisotopic (exact) mass is 320 g/mol. The molecule has 0 heterocycles. The van der Waals surface area contributed by atoms with Crippen LogP contribution in [-0.4, -0.2) is 38.5 Å². The van der Waals surface area contributed by atoms with Gasteiger partial charge in [0.25, 0.3) is 20.2 Å². The second kappa shape index (κ2) is 14.2. The number of hydrogen-bond donors (Lipinski definition) is 2. The van der Waals surface area contributed by atoms with Crippen LogP contribution in [0, 0.1) is 0 Å². The van der Waals surface area contributed by atoms with Crippen molar-refractivity contribution in [3.63, 3.8) is 0 Å². The topological polar surface area (TPSA) is 109 Å². The van der Waals surface area contributed by atoms with E-state index in [0.29, 0.717) is 12.5 Å². The van der Waals surface area contributed by atoms with Crippen molar-refractivity contribution >= 4 is 20.2 Å². The van der Waals surface area contributed by atoms with Crippen LogP contribution in [0.4, 0.5) is 0 Å². The predicted molar refractivity (Wildman–Crippen MR) is 78.6 cm³/mol. The maximum Gasteiger partial charge on any atom is 0.261 e. The van der Waals surface area contributed by atoms with Gasteiger partial charge >= 0.3 is 0 Å². The summed E-state index contributed by atoms with van der Waals surface area (Å²) in [6, 6.07) is 0. The number of rotatable bonds is 6. The van der Waals surface area contributed by atoms with Crippen LogP contribution in [0.2, 0.25) is 0 Å². The van der Waals surface area contributed by atoms with Gasteiger partial charge in [-0.3, -0.25) is 9.11 Å². The van der Waals surface area contributed by atoms with Gasteiger partial charge in [-0.2, -0.15) is 16.8 Å². The summed E-state index contributed by atoms with van der Waals surface area (Å²) >= 11 is 0. The van der Waals surface area contributed by atoms with Crippen LogP contribution in [0.5, 0.6) is 0 Å². The minimum atomic E-state index is -3.67. The molecule has 120 valence electrons. The molecule has 0 aromatic rings. The second-order valence-electron chi connectivity index (χ2n) is 4.23. The molecule has 0 atom stereocenters. The van der Waals surface area contributed by atoms with Gasteiger partial charge in [-0.05, 0) is 0 Å². The van der Waals surface area contributed by atoms with Crippen molar-refractivity contribution in [2.75, 3.05) is 12.5 Å². The van der Waals surface area contributed by atoms with Crippen LogP contribution >= 0.6 is 0 Å². The molecular formula is C11H28O6S2. The zero-order valence-electron chi connectivity index (χ0n) is 12.3. The van der Waals surface area contributed by atoms with Crippen molar-refractivity contribution in [3.8, 4) is 0 Å². The van der Waals surface area contributed by atoms with Gasteiger partial charge in [0.05, 0.1) is 12.5 Å². The lowest BCUT2D eigenvalue weighted by Crippen LogP contribution is -1.88. The highest BCUT2D eigenvalue weighted by Crippen LogP contribution is 2.05. The first-order chi connectivity index (χ1) is 8.41. The Labute approximate surface area is 118 Å². The van der Waals surface area contributed by atoms with Gasteiger partial charge in [0.1, 0.15) is 0 Å². The zero-order valence-corrected chi connectivity index (χ0v) is 13.9. The Balaban J connectivity index is -0.000000219. The zero-order chi connectivity index (χ0) is 15.9. The summed E-state index contributed by atoms with van der Waals surface area (Å²) in [5, 5.41) is 0. The van der Waals surface area contributed by atoms with E-state index >= 15 is 0 Å². The molecule has 0 aromatic carbocycles. The smallest absolute Gasteiger partial charge is 0.261 e. The van der Waals surface area contributed by atoms with Gasteiger partial charge in [0.15, 0.2) is 0 Å². The standard InChI is InChI=1S/C9H20.2CH4O3S/c1-3-5-7-9-8-6-4-2;2*1-5(2,3)4/h3-9H2,1-2H3;2*1H3,(H,2,3,4). The summed E-state index contributed by atoms with van der Waals surface area (Å²) in [4.78, 5) is 0. The molecule has 0 amide bonds. The van der Waals surface area contributed by atoms with E-state index in [2.05, 4.69) is 13.8 Å². The Hall–Kier alpha value is -0.180. The van der Waals surface area contributed by atoms with Crippen molar-refractivity contribution in [1.82, 2.24) is 0 Å². The average molecular weight is 320 g/mol. The molecule has 0 bridgehead atoms. The van der Waals surface area contributed by atoms with Crippen LogP contribution < -0.4 is 0 Å². The van der Waals surface area contributed by atoms with Crippen LogP contribution in [0.3, 0.4) is 0 Å². The Kier molecular flexibility index (Phi) is 17.9. The molecule has 19 heavy (non-hydrogen) atoms. The van der Waals surface area contributed by atoms with Crippen LogP contribution in [0.25, 0.3) is 0 Å². The van der Waals surface area contributed by atoms with E-state index in [1.54, 1.807) is 0 Å². The third-order valence-electron chi connectivity index (χ3n) is 1.71. The lowest BCUT2D eigenvalue weighted by atomic mass is 10.1. The van der Waals surface area contributed by atoms with Crippen molar-refractivity contribution in [2.24, 2.45) is 0 Å². The van der Waals surface area contributed by atoms with Crippen molar-refractivity contribution in [1.29, 1.82) is 0 Å². The Morgan fingerprint density at radius 3 is 0.947 bits per heavy atom. The molecular weight excluding hydrogens is 292 g/mol. The molecule has 0 unspecified atom stereocenters. The Bertz CT molecular complexity index is 307. The van der Waals surface area contributed by atoms with E-state index < -0.39 is 20.2 Å². The minimum absolute atomic E-state index is 0.715. The van der Waals surface area contributed by atoms with Gasteiger partial charge < -0.3 is 0 Å². The van der Waals surface area contributed by atoms with Gasteiger partial charge in [-0.15, -0.1) is 0 Å². The van der Waals surface area contributed by atoms with Crippen LogP contribution in [-0.2, 0) is 20.2 Å². The normalized spacial score (nSPS) is 10.8. The van der Waals surface area contributed by atoms with Gasteiger partial charge in [-0.25, -0.2) is 0 Å². The maximum absolute atomic E-state index is 9.19. The van der Waals surface area contributed by atoms with Crippen LogP contribution in [0.1, 0.15) is 58.8 Å². The number of hydrogen-bond acceptors (Lipinski definition) is 4. The molecule has 0 radical (unpaired) electrons. The van der Waals surface area contributed by atoms with Gasteiger partial charge in [0.2, 0.25) is 0 Å². The van der Waals surface area contributed by atoms with Crippen molar-refractivity contribution in [3.05, 3.63) is 0 Å². The summed E-state index contributed by atoms with van der Waals surface area (Å²) in [7, 11) is -7.33. The minimum Gasteiger partial charge on any atom is -0.286 e. The molecule has 0 spiro atoms. The molecule has 0 aliphatic heterocycles. The molecule has 0 aromatic heterocycles. The highest BCUT2D eigenvalue weighted by Gasteiger charge is 1.85. The molecule has 6 nitrogen and oxygen atoms in total. The summed E-state index contributed by atoms with van der Waals surface area (Å²) in [6.07, 6.45) is 11.4. The van der Waals surface area contributed by atoms with Gasteiger partial charge in [0, 0.05) is 0 Å². The third-order valence-corrected chi connectivity index (χ3v) is 1.71. The first kappa shape index (κ1) is 23.9. The summed E-state index contributed by atoms with van der Waals surface area (Å²) in [6.45, 7) is 4.53. The van der Waals surface area contributed by atoms with E-state index in [9.17, 15) is 16.8 Å². The van der Waals surface area contributed by atoms with Gasteiger partial charge in [-0.1, -0.05) is 58.8 Å². The first-order valence-corrected chi connectivity index (χ1v) is 9.96. The molecule has 2 N–H and O–H groups in total. The van der Waals surface area contributed by atoms with E-state index in [1.165, 1.54) is 44.9 Å². The molecule has 8 heteroatoms. The van der Waals surface area contributed by atoms with E-state index in [-0.39, 0.29) is 0 Å². The average Bonchev–Trinajstić information content (AvgIpc) is 2.12. The third kappa shape index (κ3) is 132. The predicted octanol–water partition coefficient (Wildman–Crippen LogP) is 2.76. The fraction of sp³-hybridized carbons (Fsp3) is 1.00. The Morgan fingerprint density at radius 2 is 0.789 bits per heavy atom. The number of unbranched alkanes of at least 4 members (excludes halogenated alkanes) is 6. The fourth-order valence-electron chi connectivity index (χ4n) is 1.03. The lowest BCUT2D eigenvalue weighted by Gasteiger charge is -1.96. The highest BCUT2D eigenvalue weighted by molar-refractivity contribution is 7.85. The quantitative estimate of drug-likeness (QED) is 0.575. The lowest BCUT2D eigenvalue weighted by molar-refractivity contribution is 0.488. The molecule has 0 rings (SSSR count). The molecule has 0 aliphatic carbocycles. The van der Waals surface area contributed by atoms with E-state index in [4.69, 9.17) is 9.11 Å².